The lowest BCUT2D eigenvalue weighted by atomic mass is 10.3. The van der Waals surface area contributed by atoms with Crippen LogP contribution in [0.25, 0.3) is 11.0 Å². The van der Waals surface area contributed by atoms with Gasteiger partial charge in [0.2, 0.25) is 0 Å². The highest BCUT2D eigenvalue weighted by Gasteiger charge is 1.95. The molecule has 0 amide bonds. The van der Waals surface area contributed by atoms with Crippen molar-refractivity contribution in [3.63, 3.8) is 0 Å². The fourth-order valence-electron chi connectivity index (χ4n) is 1.02. The molecule has 0 aliphatic heterocycles. The van der Waals surface area contributed by atoms with E-state index in [9.17, 15) is 0 Å². The summed E-state index contributed by atoms with van der Waals surface area (Å²) in [6.07, 6.45) is 4.99. The summed E-state index contributed by atoms with van der Waals surface area (Å²) in [5, 5.41) is 3.95. The van der Waals surface area contributed by atoms with Gasteiger partial charge in [0.15, 0.2) is 5.65 Å². The first-order valence-corrected chi connectivity index (χ1v) is 3.63. The van der Waals surface area contributed by atoms with Gasteiger partial charge in [0.25, 0.3) is 0 Å². The molecule has 0 saturated carbocycles. The van der Waals surface area contributed by atoms with E-state index in [2.05, 4.69) is 20.3 Å². The quantitative estimate of drug-likeness (QED) is 0.677. The van der Waals surface area contributed by atoms with Crippen LogP contribution < -0.4 is 5.32 Å². The van der Waals surface area contributed by atoms with Gasteiger partial charge < -0.3 is 5.32 Å². The first-order chi connectivity index (χ1) is 5.90. The Kier molecular flexibility index (Phi) is 1.59. The van der Waals surface area contributed by atoms with Crippen molar-refractivity contribution in [2.45, 2.75) is 0 Å². The van der Waals surface area contributed by atoms with Crippen molar-refractivity contribution >= 4 is 16.7 Å². The molecule has 0 radical (unpaired) electrons. The van der Waals surface area contributed by atoms with Gasteiger partial charge in [0.05, 0.1) is 11.9 Å². The van der Waals surface area contributed by atoms with Crippen LogP contribution in [0.1, 0.15) is 0 Å². The van der Waals surface area contributed by atoms with Crippen LogP contribution in [-0.2, 0) is 0 Å². The van der Waals surface area contributed by atoms with E-state index in [-0.39, 0.29) is 0 Å². The van der Waals surface area contributed by atoms with Crippen LogP contribution >= 0.6 is 0 Å². The molecule has 60 valence electrons. The number of hydrogen-bond donors (Lipinski definition) is 1. The second-order valence-electron chi connectivity index (χ2n) is 2.41. The zero-order valence-electron chi connectivity index (χ0n) is 6.65. The van der Waals surface area contributed by atoms with E-state index in [0.29, 0.717) is 0 Å². The maximum Gasteiger partial charge on any atom is 0.162 e. The van der Waals surface area contributed by atoms with Crippen LogP contribution in [0, 0.1) is 0 Å². The SMILES string of the molecule is CNc1cnc2ncncc2c1. The van der Waals surface area contributed by atoms with Crippen molar-refractivity contribution in [3.8, 4) is 0 Å². The van der Waals surface area contributed by atoms with Gasteiger partial charge in [-0.3, -0.25) is 0 Å². The Bertz CT molecular complexity index is 399. The Labute approximate surface area is 69.7 Å². The van der Waals surface area contributed by atoms with E-state index in [0.717, 1.165) is 16.7 Å². The van der Waals surface area contributed by atoms with Gasteiger partial charge >= 0.3 is 0 Å². The van der Waals surface area contributed by atoms with E-state index >= 15 is 0 Å². The molecule has 2 rings (SSSR count). The Balaban J connectivity index is 2.67. The van der Waals surface area contributed by atoms with Gasteiger partial charge in [0.1, 0.15) is 6.33 Å². The van der Waals surface area contributed by atoms with Crippen molar-refractivity contribution in [2.75, 3.05) is 12.4 Å². The van der Waals surface area contributed by atoms with Gasteiger partial charge in [-0.15, -0.1) is 0 Å². The van der Waals surface area contributed by atoms with Gasteiger partial charge in [-0.1, -0.05) is 0 Å². The maximum atomic E-state index is 4.14. The van der Waals surface area contributed by atoms with Crippen molar-refractivity contribution in [2.24, 2.45) is 0 Å². The Morgan fingerprint density at radius 3 is 3.00 bits per heavy atom. The summed E-state index contributed by atoms with van der Waals surface area (Å²) in [6, 6.07) is 1.96. The molecule has 0 unspecified atom stereocenters. The molecule has 2 heterocycles. The first-order valence-electron chi connectivity index (χ1n) is 3.63. The van der Waals surface area contributed by atoms with Crippen molar-refractivity contribution < 1.29 is 0 Å². The molecule has 4 nitrogen and oxygen atoms in total. The molecule has 0 atom stereocenters. The van der Waals surface area contributed by atoms with E-state index in [1.54, 1.807) is 12.4 Å². The normalized spacial score (nSPS) is 10.1. The highest BCUT2D eigenvalue weighted by molar-refractivity contribution is 5.76. The Hall–Kier alpha value is -1.71. The van der Waals surface area contributed by atoms with Crippen LogP contribution in [0.4, 0.5) is 5.69 Å². The molecule has 0 bridgehead atoms. The Morgan fingerprint density at radius 1 is 1.25 bits per heavy atom. The van der Waals surface area contributed by atoms with Gasteiger partial charge in [-0.25, -0.2) is 15.0 Å². The topological polar surface area (TPSA) is 50.7 Å². The van der Waals surface area contributed by atoms with Gasteiger partial charge in [-0.05, 0) is 6.07 Å². The standard InChI is InChI=1S/C8H8N4/c1-9-7-2-6-3-10-5-12-8(6)11-4-7/h2-5,9H,1H3. The molecule has 2 aromatic heterocycles. The number of rotatable bonds is 1. The summed E-state index contributed by atoms with van der Waals surface area (Å²) in [6.45, 7) is 0. The smallest absolute Gasteiger partial charge is 0.162 e. The summed E-state index contributed by atoms with van der Waals surface area (Å²) in [4.78, 5) is 12.1. The molecule has 0 aromatic carbocycles. The number of anilines is 1. The number of fused-ring (bicyclic) bond motifs is 1. The third kappa shape index (κ3) is 1.07. The molecule has 2 aromatic rings. The summed E-state index contributed by atoms with van der Waals surface area (Å²) < 4.78 is 0. The van der Waals surface area contributed by atoms with E-state index in [1.807, 2.05) is 13.1 Å². The zero-order valence-corrected chi connectivity index (χ0v) is 6.65. The molecular weight excluding hydrogens is 152 g/mol. The van der Waals surface area contributed by atoms with E-state index in [4.69, 9.17) is 0 Å². The van der Waals surface area contributed by atoms with Crippen molar-refractivity contribution in [1.29, 1.82) is 0 Å². The zero-order chi connectivity index (χ0) is 8.39. The number of aromatic nitrogens is 3. The average molecular weight is 160 g/mol. The minimum absolute atomic E-state index is 0.726. The van der Waals surface area contributed by atoms with E-state index in [1.165, 1.54) is 6.33 Å². The second kappa shape index (κ2) is 2.73. The van der Waals surface area contributed by atoms with Gasteiger partial charge in [-0.2, -0.15) is 0 Å². The van der Waals surface area contributed by atoms with Crippen molar-refractivity contribution in [3.05, 3.63) is 24.8 Å². The lowest BCUT2D eigenvalue weighted by molar-refractivity contribution is 1.18. The summed E-state index contributed by atoms with van der Waals surface area (Å²) in [5.74, 6) is 0. The molecule has 0 spiro atoms. The number of nitrogens with zero attached hydrogens (tertiary/aromatic N) is 3. The van der Waals surface area contributed by atoms with Gasteiger partial charge in [0, 0.05) is 18.6 Å². The molecular formula is C8H8N4. The van der Waals surface area contributed by atoms with Crippen LogP contribution in [0.3, 0.4) is 0 Å². The summed E-state index contributed by atoms with van der Waals surface area (Å²) in [5.41, 5.74) is 1.70. The molecule has 12 heavy (non-hydrogen) atoms. The third-order valence-corrected chi connectivity index (χ3v) is 1.64. The highest BCUT2D eigenvalue weighted by atomic mass is 14.9. The fourth-order valence-corrected chi connectivity index (χ4v) is 1.02. The predicted molar refractivity (Wildman–Crippen MR) is 46.9 cm³/mol. The second-order valence-corrected chi connectivity index (χ2v) is 2.41. The molecule has 1 N–H and O–H groups in total. The Morgan fingerprint density at radius 2 is 2.17 bits per heavy atom. The average Bonchev–Trinajstić information content (AvgIpc) is 2.17. The fraction of sp³-hybridized carbons (Fsp3) is 0.125. The van der Waals surface area contributed by atoms with Crippen LogP contribution in [0.2, 0.25) is 0 Å². The maximum absolute atomic E-state index is 4.14. The highest BCUT2D eigenvalue weighted by Crippen LogP contribution is 2.11. The van der Waals surface area contributed by atoms with Crippen LogP contribution in [0.15, 0.2) is 24.8 Å². The number of hydrogen-bond acceptors (Lipinski definition) is 4. The van der Waals surface area contributed by atoms with Crippen molar-refractivity contribution in [1.82, 2.24) is 15.0 Å². The molecule has 4 heteroatoms. The monoisotopic (exact) mass is 160 g/mol. The minimum atomic E-state index is 0.726. The lowest BCUT2D eigenvalue weighted by Gasteiger charge is -1.99. The number of pyridine rings is 1. The first kappa shape index (κ1) is 6.97. The summed E-state index contributed by atoms with van der Waals surface area (Å²) in [7, 11) is 1.85. The minimum Gasteiger partial charge on any atom is -0.387 e. The molecule has 0 aliphatic carbocycles. The third-order valence-electron chi connectivity index (χ3n) is 1.64. The molecule has 0 aliphatic rings. The molecule has 0 fully saturated rings. The summed E-state index contributed by atoms with van der Waals surface area (Å²) >= 11 is 0. The lowest BCUT2D eigenvalue weighted by Crippen LogP contribution is -1.91. The van der Waals surface area contributed by atoms with Crippen LogP contribution in [0.5, 0.6) is 0 Å². The van der Waals surface area contributed by atoms with E-state index < -0.39 is 0 Å². The largest absolute Gasteiger partial charge is 0.387 e. The number of nitrogens with one attached hydrogen (secondary N) is 1. The predicted octanol–water partition coefficient (Wildman–Crippen LogP) is 1.07. The van der Waals surface area contributed by atoms with Crippen LogP contribution in [-0.4, -0.2) is 22.0 Å². The molecule has 0 saturated heterocycles.